The minimum atomic E-state index is -1.49. The fraction of sp³-hybridized carbons (Fsp3) is 0.143. The normalized spacial score (nSPS) is 14.4. The smallest absolute Gasteiger partial charge is 0.0997 e. The molecule has 0 unspecified atom stereocenters. The van der Waals surface area contributed by atoms with Gasteiger partial charge in [0, 0.05) is 10.0 Å². The van der Waals surface area contributed by atoms with Crippen LogP contribution in [0.25, 0.3) is 0 Å². The quantitative estimate of drug-likeness (QED) is 0.687. The first-order chi connectivity index (χ1) is 5.00. The first kappa shape index (κ1) is 4.47. The predicted octanol–water partition coefficient (Wildman–Crippen LogP) is 1.19. The maximum atomic E-state index is 7.28. The third-order valence-corrected chi connectivity index (χ3v) is 1.58. The molecule has 0 aliphatic rings. The van der Waals surface area contributed by atoms with Crippen LogP contribution >= 0.6 is 15.9 Å². The Morgan fingerprint density at radius 3 is 2.44 bits per heavy atom. The molecule has 0 aliphatic heterocycles. The van der Waals surface area contributed by atoms with Crippen molar-refractivity contribution in [2.75, 3.05) is 0 Å². The fourth-order valence-electron chi connectivity index (χ4n) is 0.568. The Morgan fingerprint density at radius 2 is 2.00 bits per heavy atom. The number of hydrogen-bond acceptors (Lipinski definition) is 0. The zero-order valence-corrected chi connectivity index (χ0v) is 6.48. The summed E-state index contributed by atoms with van der Waals surface area (Å²) < 4.78 is 15.5. The lowest BCUT2D eigenvalue weighted by Crippen LogP contribution is -2.47. The Morgan fingerprint density at radius 1 is 1.44 bits per heavy atom. The van der Waals surface area contributed by atoms with Gasteiger partial charge in [-0.2, -0.15) is 0 Å². The molecule has 3 N–H and O–H groups in total. The Bertz CT molecular complexity index is 240. The van der Waals surface area contributed by atoms with Crippen LogP contribution in [0, 0.1) is 0 Å². The van der Waals surface area contributed by atoms with Crippen molar-refractivity contribution in [3.8, 4) is 0 Å². The minimum Gasteiger partial charge on any atom is -0.354 e. The molecule has 48 valence electrons. The van der Waals surface area contributed by atoms with E-state index in [0.29, 0.717) is 5.56 Å². The van der Waals surface area contributed by atoms with Gasteiger partial charge in [0.1, 0.15) is 0 Å². The maximum absolute atomic E-state index is 7.28. The largest absolute Gasteiger partial charge is 0.354 e. The predicted molar refractivity (Wildman–Crippen MR) is 40.7 cm³/mol. The van der Waals surface area contributed by atoms with Crippen LogP contribution in [0.2, 0.25) is 0 Å². The van der Waals surface area contributed by atoms with Crippen LogP contribution in [0.4, 0.5) is 0 Å². The van der Waals surface area contributed by atoms with E-state index in [1.54, 1.807) is 24.3 Å². The van der Waals surface area contributed by atoms with E-state index >= 15 is 0 Å². The molecule has 1 aromatic rings. The topological polar surface area (TPSA) is 27.6 Å². The van der Waals surface area contributed by atoms with E-state index < -0.39 is 6.50 Å². The second kappa shape index (κ2) is 2.99. The third kappa shape index (κ3) is 1.80. The van der Waals surface area contributed by atoms with Crippen molar-refractivity contribution in [3.05, 3.63) is 34.3 Å². The van der Waals surface area contributed by atoms with Crippen LogP contribution in [-0.4, -0.2) is 0 Å². The molecular formula is C7H9BrN+. The molecule has 1 nitrogen and oxygen atoms in total. The number of rotatable bonds is 1. The minimum absolute atomic E-state index is 0.598. The Hall–Kier alpha value is -0.340. The van der Waals surface area contributed by atoms with Gasteiger partial charge in [-0.15, -0.1) is 0 Å². The zero-order valence-electron chi connectivity index (χ0n) is 6.89. The monoisotopic (exact) mass is 188 g/mol. The molecule has 0 heterocycles. The molecule has 1 rings (SSSR count). The van der Waals surface area contributed by atoms with Gasteiger partial charge in [-0.1, -0.05) is 28.1 Å². The van der Waals surface area contributed by atoms with Gasteiger partial charge in [-0.25, -0.2) is 0 Å². The second-order valence-electron chi connectivity index (χ2n) is 1.68. The summed E-state index contributed by atoms with van der Waals surface area (Å²) in [7, 11) is 0. The van der Waals surface area contributed by atoms with Crippen LogP contribution in [-0.2, 0) is 6.50 Å². The number of benzene rings is 1. The standard InChI is InChI=1S/C7H8BrN/c8-7-3-1-6(5-9)2-4-7/h1-4H,5,9H2/p+1/i5D2. The van der Waals surface area contributed by atoms with E-state index in [0.717, 1.165) is 4.47 Å². The SMILES string of the molecule is [2H]C([2H])([NH3+])c1ccc(Br)cc1. The van der Waals surface area contributed by atoms with Crippen LogP contribution in [0.1, 0.15) is 8.30 Å². The average Bonchev–Trinajstić information content (AvgIpc) is 1.86. The van der Waals surface area contributed by atoms with Crippen molar-refractivity contribution >= 4 is 15.9 Å². The van der Waals surface area contributed by atoms with Crippen LogP contribution in [0.5, 0.6) is 0 Å². The van der Waals surface area contributed by atoms with Crippen LogP contribution < -0.4 is 5.73 Å². The van der Waals surface area contributed by atoms with Gasteiger partial charge in [0.25, 0.3) is 0 Å². The summed E-state index contributed by atoms with van der Waals surface area (Å²) in [6.45, 7) is -1.49. The molecule has 0 saturated heterocycles. The number of hydrogen-bond donors (Lipinski definition) is 1. The number of quaternary nitrogens is 1. The highest BCUT2D eigenvalue weighted by molar-refractivity contribution is 9.10. The van der Waals surface area contributed by atoms with Crippen molar-refractivity contribution in [2.24, 2.45) is 0 Å². The molecule has 0 fully saturated rings. The first-order valence-electron chi connectivity index (χ1n) is 3.61. The molecule has 0 spiro atoms. The van der Waals surface area contributed by atoms with E-state index in [9.17, 15) is 0 Å². The van der Waals surface area contributed by atoms with Crippen LogP contribution in [0.3, 0.4) is 0 Å². The summed E-state index contributed by atoms with van der Waals surface area (Å²) in [5.41, 5.74) is 3.99. The van der Waals surface area contributed by atoms with Crippen molar-refractivity contribution in [3.63, 3.8) is 0 Å². The van der Waals surface area contributed by atoms with E-state index in [-0.39, 0.29) is 0 Å². The summed E-state index contributed by atoms with van der Waals surface area (Å²) in [6.07, 6.45) is 0. The zero-order chi connectivity index (χ0) is 8.48. The summed E-state index contributed by atoms with van der Waals surface area (Å²) in [6, 6.07) is 7.05. The summed E-state index contributed by atoms with van der Waals surface area (Å²) in [5, 5.41) is 0. The molecule has 1 aromatic carbocycles. The van der Waals surface area contributed by atoms with Crippen LogP contribution in [0.15, 0.2) is 28.7 Å². The highest BCUT2D eigenvalue weighted by Crippen LogP contribution is 2.09. The molecular weight excluding hydrogens is 178 g/mol. The maximum Gasteiger partial charge on any atom is 0.0997 e. The molecule has 0 radical (unpaired) electrons. The Kier molecular flexibility index (Phi) is 1.49. The lowest BCUT2D eigenvalue weighted by Gasteiger charge is -1.91. The van der Waals surface area contributed by atoms with Gasteiger partial charge >= 0.3 is 0 Å². The highest BCUT2D eigenvalue weighted by Gasteiger charge is 1.88. The van der Waals surface area contributed by atoms with Gasteiger partial charge in [0.05, 0.1) is 9.24 Å². The summed E-state index contributed by atoms with van der Waals surface area (Å²) in [4.78, 5) is 0. The van der Waals surface area contributed by atoms with Crippen molar-refractivity contribution in [1.29, 1.82) is 0 Å². The lowest BCUT2D eigenvalue weighted by molar-refractivity contribution is -0.386. The highest BCUT2D eigenvalue weighted by atomic mass is 79.9. The molecule has 0 amide bonds. The first-order valence-corrected chi connectivity index (χ1v) is 3.41. The van der Waals surface area contributed by atoms with E-state index in [2.05, 4.69) is 21.7 Å². The molecule has 2 heteroatoms. The molecule has 0 saturated carbocycles. The van der Waals surface area contributed by atoms with E-state index in [4.69, 9.17) is 2.74 Å². The molecule has 0 aliphatic carbocycles. The van der Waals surface area contributed by atoms with E-state index in [1.807, 2.05) is 0 Å². The summed E-state index contributed by atoms with van der Waals surface area (Å²) in [5.74, 6) is 0. The second-order valence-corrected chi connectivity index (χ2v) is 2.60. The lowest BCUT2D eigenvalue weighted by atomic mass is 10.2. The Labute approximate surface area is 65.8 Å². The van der Waals surface area contributed by atoms with Crippen molar-refractivity contribution in [1.82, 2.24) is 0 Å². The van der Waals surface area contributed by atoms with E-state index in [1.165, 1.54) is 0 Å². The molecule has 9 heavy (non-hydrogen) atoms. The van der Waals surface area contributed by atoms with Gasteiger partial charge in [-0.05, 0) is 12.1 Å². The molecule has 0 aromatic heterocycles. The van der Waals surface area contributed by atoms with Gasteiger partial charge in [-0.3, -0.25) is 0 Å². The summed E-state index contributed by atoms with van der Waals surface area (Å²) >= 11 is 3.27. The fourth-order valence-corrected chi connectivity index (χ4v) is 0.832. The van der Waals surface area contributed by atoms with Gasteiger partial charge in [0.2, 0.25) is 0 Å². The van der Waals surface area contributed by atoms with Crippen molar-refractivity contribution < 1.29 is 8.48 Å². The molecule has 0 bridgehead atoms. The third-order valence-electron chi connectivity index (χ3n) is 1.05. The Balaban J connectivity index is 2.99. The van der Waals surface area contributed by atoms with Gasteiger partial charge in [0.15, 0.2) is 0 Å². The van der Waals surface area contributed by atoms with Gasteiger partial charge < -0.3 is 5.73 Å². The van der Waals surface area contributed by atoms with Crippen molar-refractivity contribution in [2.45, 2.75) is 6.50 Å². The average molecular weight is 189 g/mol. The number of halogens is 1. The molecule has 0 atom stereocenters.